The van der Waals surface area contributed by atoms with E-state index in [0.29, 0.717) is 0 Å². The predicted molar refractivity (Wildman–Crippen MR) is 61.2 cm³/mol. The monoisotopic (exact) mass is 235 g/mol. The minimum Gasteiger partial charge on any atom is -0.506 e. The summed E-state index contributed by atoms with van der Waals surface area (Å²) in [6.45, 7) is 3.56. The molecular formula is C12H13NO4. The van der Waals surface area contributed by atoms with Crippen LogP contribution in [0.2, 0.25) is 0 Å². The van der Waals surface area contributed by atoms with Gasteiger partial charge in [-0.1, -0.05) is 6.07 Å². The number of aliphatic hydroxyl groups excluding tert-OH is 1. The molecule has 90 valence electrons. The normalized spacial score (nSPS) is 11.1. The van der Waals surface area contributed by atoms with Crippen molar-refractivity contribution in [1.29, 1.82) is 0 Å². The molecular weight excluding hydrogens is 222 g/mol. The summed E-state index contributed by atoms with van der Waals surface area (Å²) in [6.07, 6.45) is 2.35. The van der Waals surface area contributed by atoms with Crippen molar-refractivity contribution < 1.29 is 19.4 Å². The van der Waals surface area contributed by atoms with Crippen LogP contribution in [-0.4, -0.2) is 28.4 Å². The number of ketones is 1. The van der Waals surface area contributed by atoms with Gasteiger partial charge in [-0.05, 0) is 25.5 Å². The molecule has 0 aliphatic heterocycles. The van der Waals surface area contributed by atoms with E-state index in [1.807, 2.05) is 6.92 Å². The molecule has 0 aliphatic rings. The lowest BCUT2D eigenvalue weighted by Crippen LogP contribution is -2.15. The summed E-state index contributed by atoms with van der Waals surface area (Å²) >= 11 is 0. The van der Waals surface area contributed by atoms with Crippen LogP contribution in [0.1, 0.15) is 18.2 Å². The van der Waals surface area contributed by atoms with Gasteiger partial charge in [-0.15, -0.1) is 0 Å². The second kappa shape index (κ2) is 5.79. The maximum absolute atomic E-state index is 11.2. The summed E-state index contributed by atoms with van der Waals surface area (Å²) < 4.78 is 4.49. The Morgan fingerprint density at radius 3 is 2.71 bits per heavy atom. The van der Waals surface area contributed by atoms with Gasteiger partial charge in [0.2, 0.25) is 0 Å². The molecule has 1 aromatic rings. The number of hydrogen-bond donors (Lipinski definition) is 1. The zero-order valence-electron chi connectivity index (χ0n) is 9.64. The molecule has 0 amide bonds. The van der Waals surface area contributed by atoms with Gasteiger partial charge in [0.05, 0.1) is 6.61 Å². The number of aromatic nitrogens is 1. The first kappa shape index (κ1) is 12.9. The van der Waals surface area contributed by atoms with Crippen LogP contribution >= 0.6 is 0 Å². The molecule has 0 unspecified atom stereocenters. The Morgan fingerprint density at radius 2 is 2.18 bits per heavy atom. The average Bonchev–Trinajstić information content (AvgIpc) is 2.30. The number of carbonyl (C=O) groups is 2. The van der Waals surface area contributed by atoms with Crippen molar-refractivity contribution in [1.82, 2.24) is 4.98 Å². The highest BCUT2D eigenvalue weighted by atomic mass is 16.5. The highest BCUT2D eigenvalue weighted by Crippen LogP contribution is 2.08. The van der Waals surface area contributed by atoms with Crippen molar-refractivity contribution in [2.45, 2.75) is 13.8 Å². The van der Waals surface area contributed by atoms with Gasteiger partial charge < -0.3 is 9.84 Å². The zero-order valence-corrected chi connectivity index (χ0v) is 9.64. The van der Waals surface area contributed by atoms with Gasteiger partial charge >= 0.3 is 5.97 Å². The smallest absolute Gasteiger partial charge is 0.379 e. The molecule has 0 atom stereocenters. The first-order valence-electron chi connectivity index (χ1n) is 5.09. The lowest BCUT2D eigenvalue weighted by molar-refractivity contribution is -0.151. The van der Waals surface area contributed by atoms with Crippen LogP contribution in [0.3, 0.4) is 0 Å². The number of hydrogen-bond acceptors (Lipinski definition) is 5. The fourth-order valence-corrected chi connectivity index (χ4v) is 1.08. The first-order chi connectivity index (χ1) is 8.04. The van der Waals surface area contributed by atoms with Crippen LogP contribution < -0.4 is 0 Å². The van der Waals surface area contributed by atoms with Gasteiger partial charge in [-0.3, -0.25) is 9.78 Å². The lowest BCUT2D eigenvalue weighted by atomic mass is 10.2. The fraction of sp³-hybridized carbons (Fsp3) is 0.250. The molecule has 17 heavy (non-hydrogen) atoms. The van der Waals surface area contributed by atoms with Crippen LogP contribution in [0.4, 0.5) is 0 Å². The van der Waals surface area contributed by atoms with E-state index in [1.165, 1.54) is 0 Å². The number of carbonyl (C=O) groups excluding carboxylic acids is 2. The summed E-state index contributed by atoms with van der Waals surface area (Å²) in [5.74, 6) is -2.26. The number of rotatable bonds is 4. The molecule has 1 rings (SSSR count). The maximum Gasteiger partial charge on any atom is 0.379 e. The SMILES string of the molecule is CCOC(=O)C(=O)C=C(O)c1ccc(C)cn1. The average molecular weight is 235 g/mol. The Bertz CT molecular complexity index is 448. The van der Waals surface area contributed by atoms with E-state index in [0.717, 1.165) is 11.6 Å². The second-order valence-electron chi connectivity index (χ2n) is 3.34. The Kier molecular flexibility index (Phi) is 4.39. The van der Waals surface area contributed by atoms with Gasteiger partial charge in [0.1, 0.15) is 11.5 Å². The molecule has 1 N–H and O–H groups in total. The predicted octanol–water partition coefficient (Wildman–Crippen LogP) is 1.42. The van der Waals surface area contributed by atoms with Crippen molar-refractivity contribution in [3.8, 4) is 0 Å². The zero-order chi connectivity index (χ0) is 12.8. The van der Waals surface area contributed by atoms with E-state index in [2.05, 4.69) is 9.72 Å². The highest BCUT2D eigenvalue weighted by molar-refractivity contribution is 6.39. The number of nitrogens with zero attached hydrogens (tertiary/aromatic N) is 1. The van der Waals surface area contributed by atoms with E-state index < -0.39 is 11.8 Å². The van der Waals surface area contributed by atoms with Crippen molar-refractivity contribution in [3.05, 3.63) is 35.7 Å². The third-order valence-corrected chi connectivity index (χ3v) is 1.92. The summed E-state index contributed by atoms with van der Waals surface area (Å²) in [5.41, 5.74) is 1.16. The minimum atomic E-state index is -0.994. The number of esters is 1. The van der Waals surface area contributed by atoms with E-state index in [-0.39, 0.29) is 18.1 Å². The Labute approximate surface area is 98.7 Å². The third kappa shape index (κ3) is 3.71. The molecule has 1 heterocycles. The van der Waals surface area contributed by atoms with Gasteiger partial charge in [0.15, 0.2) is 0 Å². The van der Waals surface area contributed by atoms with E-state index >= 15 is 0 Å². The van der Waals surface area contributed by atoms with E-state index in [1.54, 1.807) is 25.3 Å². The summed E-state index contributed by atoms with van der Waals surface area (Å²) in [4.78, 5) is 26.2. The van der Waals surface area contributed by atoms with Crippen molar-refractivity contribution in [2.75, 3.05) is 6.61 Å². The molecule has 0 saturated heterocycles. The van der Waals surface area contributed by atoms with Crippen molar-refractivity contribution in [2.24, 2.45) is 0 Å². The molecule has 0 fully saturated rings. The molecule has 0 spiro atoms. The first-order valence-corrected chi connectivity index (χ1v) is 5.09. The van der Waals surface area contributed by atoms with Gasteiger partial charge in [-0.2, -0.15) is 0 Å². The number of aryl methyl sites for hydroxylation is 1. The lowest BCUT2D eigenvalue weighted by Gasteiger charge is -2.00. The summed E-state index contributed by atoms with van der Waals surface area (Å²) in [5, 5.41) is 9.57. The van der Waals surface area contributed by atoms with Gasteiger partial charge in [0.25, 0.3) is 5.78 Å². The Morgan fingerprint density at radius 1 is 1.47 bits per heavy atom. The topological polar surface area (TPSA) is 76.5 Å². The van der Waals surface area contributed by atoms with Gasteiger partial charge in [-0.25, -0.2) is 4.79 Å². The third-order valence-electron chi connectivity index (χ3n) is 1.92. The molecule has 1 aromatic heterocycles. The van der Waals surface area contributed by atoms with E-state index in [4.69, 9.17) is 0 Å². The van der Waals surface area contributed by atoms with Crippen LogP contribution in [0.25, 0.3) is 5.76 Å². The van der Waals surface area contributed by atoms with Gasteiger partial charge in [0, 0.05) is 12.3 Å². The molecule has 5 nitrogen and oxygen atoms in total. The fourth-order valence-electron chi connectivity index (χ4n) is 1.08. The summed E-state index contributed by atoms with van der Waals surface area (Å²) in [7, 11) is 0. The molecule has 0 aliphatic carbocycles. The maximum atomic E-state index is 11.2. The van der Waals surface area contributed by atoms with Crippen LogP contribution in [0.5, 0.6) is 0 Å². The Balaban J connectivity index is 2.82. The quantitative estimate of drug-likeness (QED) is 0.369. The summed E-state index contributed by atoms with van der Waals surface area (Å²) in [6, 6.07) is 3.29. The van der Waals surface area contributed by atoms with Crippen LogP contribution in [-0.2, 0) is 14.3 Å². The van der Waals surface area contributed by atoms with Crippen molar-refractivity contribution in [3.63, 3.8) is 0 Å². The molecule has 5 heteroatoms. The van der Waals surface area contributed by atoms with E-state index in [9.17, 15) is 14.7 Å². The minimum absolute atomic E-state index is 0.113. The van der Waals surface area contributed by atoms with Crippen LogP contribution in [0.15, 0.2) is 24.4 Å². The van der Waals surface area contributed by atoms with Crippen LogP contribution in [0, 0.1) is 6.92 Å². The number of pyridine rings is 1. The largest absolute Gasteiger partial charge is 0.506 e. The molecule has 0 aromatic carbocycles. The number of ether oxygens (including phenoxy) is 1. The molecule has 0 saturated carbocycles. The van der Waals surface area contributed by atoms with Crippen molar-refractivity contribution >= 4 is 17.5 Å². The number of aliphatic hydroxyl groups is 1. The second-order valence-corrected chi connectivity index (χ2v) is 3.34. The standard InChI is InChI=1S/C12H13NO4/c1-3-17-12(16)11(15)6-10(14)9-5-4-8(2)7-13-9/h4-7,14H,3H2,1-2H3. The molecule has 0 radical (unpaired) electrons. The highest BCUT2D eigenvalue weighted by Gasteiger charge is 2.13. The Hall–Kier alpha value is -2.17. The molecule has 0 bridgehead atoms.